The van der Waals surface area contributed by atoms with Gasteiger partial charge in [0, 0.05) is 21.3 Å². The summed E-state index contributed by atoms with van der Waals surface area (Å²) in [6, 6.07) is 3.88. The first-order chi connectivity index (χ1) is 7.24. The lowest BCUT2D eigenvalue weighted by molar-refractivity contribution is 0.509. The standard InChI is InChI=1S/C11H12BrNOS/c1-2-9-7(3-5-14-9)10(13)11-8(12)4-6-15-11/h3-6,10H,2,13H2,1H3. The molecular weight excluding hydrogens is 274 g/mol. The Hall–Kier alpha value is -0.580. The van der Waals surface area contributed by atoms with Gasteiger partial charge in [0.2, 0.25) is 0 Å². The fourth-order valence-corrected chi connectivity index (χ4v) is 3.22. The number of halogens is 1. The molecule has 2 aromatic heterocycles. The molecule has 0 radical (unpaired) electrons. The molecule has 0 fully saturated rings. The van der Waals surface area contributed by atoms with E-state index in [-0.39, 0.29) is 6.04 Å². The number of thiophene rings is 1. The molecule has 15 heavy (non-hydrogen) atoms. The normalized spacial score (nSPS) is 13.0. The molecule has 4 heteroatoms. The SMILES string of the molecule is CCc1occc1C(N)c1sccc1Br. The average molecular weight is 286 g/mol. The Kier molecular flexibility index (Phi) is 3.29. The maximum Gasteiger partial charge on any atom is 0.108 e. The average Bonchev–Trinajstić information content (AvgIpc) is 2.84. The van der Waals surface area contributed by atoms with Gasteiger partial charge in [0.25, 0.3) is 0 Å². The maximum absolute atomic E-state index is 6.20. The molecule has 1 atom stereocenters. The number of furan rings is 1. The molecule has 2 N–H and O–H groups in total. The molecule has 0 aromatic carbocycles. The van der Waals surface area contributed by atoms with Gasteiger partial charge < -0.3 is 10.2 Å². The van der Waals surface area contributed by atoms with Gasteiger partial charge in [0.05, 0.1) is 12.3 Å². The molecule has 0 bridgehead atoms. The maximum atomic E-state index is 6.20. The minimum absolute atomic E-state index is 0.0897. The number of hydrogen-bond acceptors (Lipinski definition) is 3. The molecular formula is C11H12BrNOS. The van der Waals surface area contributed by atoms with Gasteiger partial charge in [0.15, 0.2) is 0 Å². The Bertz CT molecular complexity index is 449. The Balaban J connectivity index is 2.36. The van der Waals surface area contributed by atoms with Gasteiger partial charge in [-0.1, -0.05) is 6.92 Å². The van der Waals surface area contributed by atoms with Crippen LogP contribution < -0.4 is 5.73 Å². The Morgan fingerprint density at radius 2 is 2.33 bits per heavy atom. The van der Waals surface area contributed by atoms with Crippen molar-refractivity contribution in [3.63, 3.8) is 0 Å². The predicted octanol–water partition coefficient (Wildman–Crippen LogP) is 3.71. The van der Waals surface area contributed by atoms with Gasteiger partial charge in [0.1, 0.15) is 5.76 Å². The number of rotatable bonds is 3. The fraction of sp³-hybridized carbons (Fsp3) is 0.273. The van der Waals surface area contributed by atoms with Crippen LogP contribution in [-0.4, -0.2) is 0 Å². The first-order valence-electron chi connectivity index (χ1n) is 4.78. The Morgan fingerprint density at radius 3 is 2.93 bits per heavy atom. The lowest BCUT2D eigenvalue weighted by Crippen LogP contribution is -2.11. The summed E-state index contributed by atoms with van der Waals surface area (Å²) in [7, 11) is 0. The van der Waals surface area contributed by atoms with E-state index < -0.39 is 0 Å². The van der Waals surface area contributed by atoms with Crippen LogP contribution in [0.1, 0.15) is 29.2 Å². The second kappa shape index (κ2) is 4.51. The van der Waals surface area contributed by atoms with Crippen LogP contribution in [-0.2, 0) is 6.42 Å². The van der Waals surface area contributed by atoms with Crippen molar-refractivity contribution in [1.82, 2.24) is 0 Å². The smallest absolute Gasteiger partial charge is 0.108 e. The fourth-order valence-electron chi connectivity index (χ4n) is 1.58. The summed E-state index contributed by atoms with van der Waals surface area (Å²) < 4.78 is 6.45. The van der Waals surface area contributed by atoms with Crippen molar-refractivity contribution >= 4 is 27.3 Å². The molecule has 1 unspecified atom stereocenters. The minimum atomic E-state index is -0.0897. The van der Waals surface area contributed by atoms with Crippen molar-refractivity contribution in [3.8, 4) is 0 Å². The topological polar surface area (TPSA) is 39.2 Å². The van der Waals surface area contributed by atoms with Crippen LogP contribution in [0.3, 0.4) is 0 Å². The van der Waals surface area contributed by atoms with Gasteiger partial charge >= 0.3 is 0 Å². The highest BCUT2D eigenvalue weighted by Gasteiger charge is 2.18. The molecule has 0 saturated heterocycles. The summed E-state index contributed by atoms with van der Waals surface area (Å²) in [6.45, 7) is 2.07. The predicted molar refractivity (Wildman–Crippen MR) is 66.1 cm³/mol. The summed E-state index contributed by atoms with van der Waals surface area (Å²) in [4.78, 5) is 1.14. The van der Waals surface area contributed by atoms with E-state index in [0.717, 1.165) is 27.1 Å². The van der Waals surface area contributed by atoms with Crippen molar-refractivity contribution in [3.05, 3.63) is 44.4 Å². The van der Waals surface area contributed by atoms with Gasteiger partial charge in [-0.2, -0.15) is 0 Å². The first-order valence-corrected chi connectivity index (χ1v) is 6.46. The molecule has 2 aromatic rings. The van der Waals surface area contributed by atoms with Crippen LogP contribution in [0.15, 0.2) is 32.7 Å². The van der Waals surface area contributed by atoms with Crippen molar-refractivity contribution in [2.45, 2.75) is 19.4 Å². The quantitative estimate of drug-likeness (QED) is 0.934. The lowest BCUT2D eigenvalue weighted by atomic mass is 10.1. The van der Waals surface area contributed by atoms with Crippen molar-refractivity contribution in [1.29, 1.82) is 0 Å². The number of nitrogens with two attached hydrogens (primary N) is 1. The zero-order valence-corrected chi connectivity index (χ0v) is 10.8. The van der Waals surface area contributed by atoms with Crippen molar-refractivity contribution in [2.24, 2.45) is 5.73 Å². The van der Waals surface area contributed by atoms with Crippen LogP contribution in [0.4, 0.5) is 0 Å². The summed E-state index contributed by atoms with van der Waals surface area (Å²) in [6.07, 6.45) is 2.58. The van der Waals surface area contributed by atoms with Crippen LogP contribution in [0.2, 0.25) is 0 Å². The van der Waals surface area contributed by atoms with Gasteiger partial charge in [-0.05, 0) is 33.4 Å². The molecule has 0 saturated carbocycles. The number of aryl methyl sites for hydroxylation is 1. The number of hydrogen-bond donors (Lipinski definition) is 1. The van der Waals surface area contributed by atoms with Crippen LogP contribution in [0, 0.1) is 0 Å². The molecule has 0 aliphatic carbocycles. The van der Waals surface area contributed by atoms with Gasteiger partial charge in [-0.15, -0.1) is 11.3 Å². The van der Waals surface area contributed by atoms with Gasteiger partial charge in [-0.3, -0.25) is 0 Å². The van der Waals surface area contributed by atoms with E-state index in [1.165, 1.54) is 0 Å². The first kappa shape index (κ1) is 10.9. The van der Waals surface area contributed by atoms with E-state index in [9.17, 15) is 0 Å². The molecule has 0 aliphatic heterocycles. The minimum Gasteiger partial charge on any atom is -0.469 e. The third-order valence-electron chi connectivity index (χ3n) is 2.36. The molecule has 2 heterocycles. The molecule has 0 amide bonds. The zero-order valence-electron chi connectivity index (χ0n) is 8.37. The summed E-state index contributed by atoms with van der Waals surface area (Å²) >= 11 is 5.16. The van der Waals surface area contributed by atoms with E-state index >= 15 is 0 Å². The highest BCUT2D eigenvalue weighted by Crippen LogP contribution is 2.33. The van der Waals surface area contributed by atoms with E-state index in [2.05, 4.69) is 22.9 Å². The van der Waals surface area contributed by atoms with E-state index in [4.69, 9.17) is 10.2 Å². The van der Waals surface area contributed by atoms with E-state index in [1.54, 1.807) is 17.6 Å². The third-order valence-corrected chi connectivity index (χ3v) is 4.32. The summed E-state index contributed by atoms with van der Waals surface area (Å²) in [5.41, 5.74) is 7.29. The van der Waals surface area contributed by atoms with Gasteiger partial charge in [-0.25, -0.2) is 0 Å². The Morgan fingerprint density at radius 1 is 1.53 bits per heavy atom. The second-order valence-corrected chi connectivity index (χ2v) is 5.07. The molecule has 80 valence electrons. The monoisotopic (exact) mass is 285 g/mol. The second-order valence-electron chi connectivity index (χ2n) is 3.26. The van der Waals surface area contributed by atoms with Crippen LogP contribution >= 0.6 is 27.3 Å². The van der Waals surface area contributed by atoms with Crippen LogP contribution in [0.5, 0.6) is 0 Å². The molecule has 2 rings (SSSR count). The lowest BCUT2D eigenvalue weighted by Gasteiger charge is -2.10. The largest absolute Gasteiger partial charge is 0.469 e. The van der Waals surface area contributed by atoms with Crippen molar-refractivity contribution in [2.75, 3.05) is 0 Å². The summed E-state index contributed by atoms with van der Waals surface area (Å²) in [5, 5.41) is 2.03. The third kappa shape index (κ3) is 2.02. The molecule has 0 spiro atoms. The Labute approximate surface area is 101 Å². The van der Waals surface area contributed by atoms with E-state index in [1.807, 2.05) is 17.5 Å². The highest BCUT2D eigenvalue weighted by molar-refractivity contribution is 9.10. The highest BCUT2D eigenvalue weighted by atomic mass is 79.9. The zero-order chi connectivity index (χ0) is 10.8. The van der Waals surface area contributed by atoms with Crippen LogP contribution in [0.25, 0.3) is 0 Å². The van der Waals surface area contributed by atoms with E-state index in [0.29, 0.717) is 0 Å². The molecule has 2 nitrogen and oxygen atoms in total. The molecule has 0 aliphatic rings. The summed E-state index contributed by atoms with van der Waals surface area (Å²) in [5.74, 6) is 0.975. The van der Waals surface area contributed by atoms with Crippen molar-refractivity contribution < 1.29 is 4.42 Å².